The lowest BCUT2D eigenvalue weighted by molar-refractivity contribution is -0.121. The van der Waals surface area contributed by atoms with Crippen molar-refractivity contribution in [2.45, 2.75) is 45.6 Å². The Labute approximate surface area is 194 Å². The van der Waals surface area contributed by atoms with E-state index in [0.29, 0.717) is 27.2 Å². The highest BCUT2D eigenvalue weighted by atomic mass is 32.1. The molecule has 2 aromatic heterocycles. The number of aryl methyl sites for hydroxylation is 2. The fourth-order valence-electron chi connectivity index (χ4n) is 4.47. The standard InChI is InChI=1S/C25H24N4O3S/c1-15-21-24(26-19-12-3-2-6-13-29(19)25(21)32)33-22(15)23(31)28-27-20(30)14-17-10-7-9-16-8-4-5-11-18(16)17/h4-5,7-11H,2-3,6,12-14H2,1H3,(H,27,30)(H,28,31). The molecule has 168 valence electrons. The molecule has 0 fully saturated rings. The van der Waals surface area contributed by atoms with Crippen LogP contribution in [0.1, 0.15) is 45.9 Å². The van der Waals surface area contributed by atoms with Gasteiger partial charge in [-0.3, -0.25) is 29.8 Å². The summed E-state index contributed by atoms with van der Waals surface area (Å²) in [5.74, 6) is 0.0336. The number of carbonyl (C=O) groups excluding carboxylic acids is 2. The Balaban J connectivity index is 1.34. The molecule has 1 aliphatic heterocycles. The second-order valence-electron chi connectivity index (χ2n) is 8.35. The largest absolute Gasteiger partial charge is 0.296 e. The summed E-state index contributed by atoms with van der Waals surface area (Å²) in [4.78, 5) is 44.1. The molecule has 0 spiro atoms. The molecule has 4 aromatic rings. The van der Waals surface area contributed by atoms with E-state index < -0.39 is 5.91 Å². The number of amides is 2. The predicted molar refractivity (Wildman–Crippen MR) is 129 cm³/mol. The third-order valence-electron chi connectivity index (χ3n) is 6.16. The van der Waals surface area contributed by atoms with E-state index in [1.807, 2.05) is 42.5 Å². The summed E-state index contributed by atoms with van der Waals surface area (Å²) >= 11 is 1.20. The van der Waals surface area contributed by atoms with Crippen molar-refractivity contribution in [1.29, 1.82) is 0 Å². The van der Waals surface area contributed by atoms with Crippen LogP contribution in [0.25, 0.3) is 21.0 Å². The first-order chi connectivity index (χ1) is 16.0. The number of hydrazine groups is 1. The first kappa shape index (κ1) is 21.3. The normalized spacial score (nSPS) is 13.5. The fraction of sp³-hybridized carbons (Fsp3) is 0.280. The van der Waals surface area contributed by atoms with Crippen molar-refractivity contribution in [1.82, 2.24) is 20.4 Å². The summed E-state index contributed by atoms with van der Waals surface area (Å²) in [7, 11) is 0. The molecule has 2 N–H and O–H groups in total. The Bertz CT molecular complexity index is 1450. The minimum atomic E-state index is -0.443. The van der Waals surface area contributed by atoms with Crippen molar-refractivity contribution < 1.29 is 9.59 Å². The molecule has 1 aliphatic rings. The van der Waals surface area contributed by atoms with Gasteiger partial charge in [0, 0.05) is 13.0 Å². The number of aromatic nitrogens is 2. The van der Waals surface area contributed by atoms with E-state index in [4.69, 9.17) is 4.98 Å². The van der Waals surface area contributed by atoms with Crippen LogP contribution in [0.2, 0.25) is 0 Å². The third-order valence-corrected chi connectivity index (χ3v) is 7.35. The van der Waals surface area contributed by atoms with E-state index in [1.165, 1.54) is 11.3 Å². The predicted octanol–water partition coefficient (Wildman–Crippen LogP) is 3.65. The number of nitrogens with zero attached hydrogens (tertiary/aromatic N) is 2. The first-order valence-electron chi connectivity index (χ1n) is 11.1. The van der Waals surface area contributed by atoms with Crippen LogP contribution in [-0.4, -0.2) is 21.4 Å². The second kappa shape index (κ2) is 8.78. The number of hydrogen-bond acceptors (Lipinski definition) is 5. The Hall–Kier alpha value is -3.52. The molecule has 0 atom stereocenters. The Kier molecular flexibility index (Phi) is 5.68. The molecule has 0 saturated heterocycles. The SMILES string of the molecule is Cc1c(C(=O)NNC(=O)Cc2cccc3ccccc23)sc2nc3n(c(=O)c12)CCCCC3. The minimum Gasteiger partial charge on any atom is -0.296 e. The molecule has 0 unspecified atom stereocenters. The summed E-state index contributed by atoms with van der Waals surface area (Å²) in [6.45, 7) is 2.43. The zero-order valence-corrected chi connectivity index (χ0v) is 19.1. The van der Waals surface area contributed by atoms with Crippen LogP contribution in [0.5, 0.6) is 0 Å². The Morgan fingerprint density at radius 3 is 2.76 bits per heavy atom. The second-order valence-corrected chi connectivity index (χ2v) is 9.35. The molecule has 0 radical (unpaired) electrons. The van der Waals surface area contributed by atoms with Gasteiger partial charge in [0.1, 0.15) is 10.7 Å². The zero-order chi connectivity index (χ0) is 22.9. The zero-order valence-electron chi connectivity index (χ0n) is 18.3. The quantitative estimate of drug-likeness (QED) is 0.457. The molecule has 7 nitrogen and oxygen atoms in total. The Morgan fingerprint density at radius 2 is 1.88 bits per heavy atom. The number of rotatable bonds is 3. The van der Waals surface area contributed by atoms with Gasteiger partial charge in [0.05, 0.1) is 16.7 Å². The number of hydrogen-bond donors (Lipinski definition) is 2. The minimum absolute atomic E-state index is 0.0790. The smallest absolute Gasteiger partial charge is 0.280 e. The van der Waals surface area contributed by atoms with Gasteiger partial charge in [-0.2, -0.15) is 0 Å². The van der Waals surface area contributed by atoms with Gasteiger partial charge in [0.2, 0.25) is 5.91 Å². The lowest BCUT2D eigenvalue weighted by Crippen LogP contribution is -2.42. The Morgan fingerprint density at radius 1 is 1.06 bits per heavy atom. The maximum Gasteiger partial charge on any atom is 0.280 e. The highest BCUT2D eigenvalue weighted by Crippen LogP contribution is 2.28. The van der Waals surface area contributed by atoms with Crippen LogP contribution in [0.4, 0.5) is 0 Å². The summed E-state index contributed by atoms with van der Waals surface area (Å²) in [5.41, 5.74) is 6.42. The van der Waals surface area contributed by atoms with Crippen molar-refractivity contribution in [3.05, 3.63) is 74.6 Å². The number of thiophene rings is 1. The van der Waals surface area contributed by atoms with Gasteiger partial charge in [-0.05, 0) is 41.7 Å². The van der Waals surface area contributed by atoms with E-state index in [2.05, 4.69) is 10.9 Å². The molecule has 33 heavy (non-hydrogen) atoms. The van der Waals surface area contributed by atoms with Crippen LogP contribution in [0.3, 0.4) is 0 Å². The van der Waals surface area contributed by atoms with Crippen molar-refractivity contribution in [3.8, 4) is 0 Å². The molecule has 2 aromatic carbocycles. The van der Waals surface area contributed by atoms with E-state index in [9.17, 15) is 14.4 Å². The fourth-order valence-corrected chi connectivity index (χ4v) is 5.56. The van der Waals surface area contributed by atoms with Gasteiger partial charge < -0.3 is 0 Å². The van der Waals surface area contributed by atoms with Gasteiger partial charge in [0.25, 0.3) is 11.5 Å². The maximum absolute atomic E-state index is 13.1. The molecule has 2 amide bonds. The number of fused-ring (bicyclic) bond motifs is 3. The van der Waals surface area contributed by atoms with Gasteiger partial charge >= 0.3 is 0 Å². The summed E-state index contributed by atoms with van der Waals surface area (Å²) in [6.07, 6.45) is 3.97. The molecular formula is C25H24N4O3S. The lowest BCUT2D eigenvalue weighted by atomic mass is 10.0. The maximum atomic E-state index is 13.1. The summed E-state index contributed by atoms with van der Waals surface area (Å²) < 4.78 is 1.75. The van der Waals surface area contributed by atoms with Gasteiger partial charge in [0.15, 0.2) is 0 Å². The number of nitrogens with one attached hydrogen (secondary N) is 2. The highest BCUT2D eigenvalue weighted by molar-refractivity contribution is 7.20. The van der Waals surface area contributed by atoms with Gasteiger partial charge in [-0.15, -0.1) is 11.3 Å². The van der Waals surface area contributed by atoms with E-state index in [1.54, 1.807) is 11.5 Å². The van der Waals surface area contributed by atoms with Crippen LogP contribution in [0.15, 0.2) is 47.3 Å². The molecule has 0 aliphatic carbocycles. The van der Waals surface area contributed by atoms with E-state index in [-0.39, 0.29) is 17.9 Å². The third kappa shape index (κ3) is 4.02. The van der Waals surface area contributed by atoms with Crippen LogP contribution >= 0.6 is 11.3 Å². The summed E-state index contributed by atoms with van der Waals surface area (Å²) in [6, 6.07) is 13.7. The van der Waals surface area contributed by atoms with Crippen molar-refractivity contribution in [2.24, 2.45) is 0 Å². The topological polar surface area (TPSA) is 93.1 Å². The monoisotopic (exact) mass is 460 g/mol. The van der Waals surface area contributed by atoms with Crippen molar-refractivity contribution in [3.63, 3.8) is 0 Å². The molecule has 0 bridgehead atoms. The summed E-state index contributed by atoms with van der Waals surface area (Å²) in [5, 5.41) is 2.57. The molecule has 3 heterocycles. The van der Waals surface area contributed by atoms with Crippen molar-refractivity contribution in [2.75, 3.05) is 0 Å². The van der Waals surface area contributed by atoms with Crippen LogP contribution < -0.4 is 16.4 Å². The van der Waals surface area contributed by atoms with Crippen LogP contribution in [0, 0.1) is 6.92 Å². The molecule has 0 saturated carbocycles. The lowest BCUT2D eigenvalue weighted by Gasteiger charge is -2.09. The first-order valence-corrected chi connectivity index (χ1v) is 11.9. The van der Waals surface area contributed by atoms with Gasteiger partial charge in [-0.25, -0.2) is 4.98 Å². The molecule has 8 heteroatoms. The number of benzene rings is 2. The average Bonchev–Trinajstić information content (AvgIpc) is 2.98. The highest BCUT2D eigenvalue weighted by Gasteiger charge is 2.22. The molecule has 5 rings (SSSR count). The van der Waals surface area contributed by atoms with Crippen LogP contribution in [-0.2, 0) is 24.2 Å². The van der Waals surface area contributed by atoms with Gasteiger partial charge in [-0.1, -0.05) is 48.9 Å². The van der Waals surface area contributed by atoms with Crippen molar-refractivity contribution >= 4 is 44.1 Å². The van der Waals surface area contributed by atoms with E-state index in [0.717, 1.165) is 47.8 Å². The number of carbonyl (C=O) groups is 2. The average molecular weight is 461 g/mol. The van der Waals surface area contributed by atoms with E-state index >= 15 is 0 Å². The molecular weight excluding hydrogens is 436 g/mol.